The van der Waals surface area contributed by atoms with Gasteiger partial charge in [0.1, 0.15) is 0 Å². The van der Waals surface area contributed by atoms with Crippen LogP contribution in [0.2, 0.25) is 0 Å². The first kappa shape index (κ1) is 19.4. The Balaban J connectivity index is 1.68. The van der Waals surface area contributed by atoms with Crippen molar-refractivity contribution in [2.24, 2.45) is 5.92 Å². The van der Waals surface area contributed by atoms with E-state index >= 15 is 0 Å². The molecule has 3 rings (SSSR count). The molecule has 0 aliphatic carbocycles. The fraction of sp³-hybridized carbons (Fsp3) is 0.400. The Kier molecular flexibility index (Phi) is 6.11. The zero-order valence-corrected chi connectivity index (χ0v) is 17.0. The number of aromatic nitrogens is 4. The molecule has 1 amide bonds. The van der Waals surface area contributed by atoms with Gasteiger partial charge in [-0.25, -0.2) is 4.98 Å². The van der Waals surface area contributed by atoms with Crippen LogP contribution in [-0.2, 0) is 4.79 Å². The topological polar surface area (TPSA) is 72.2 Å². The molecule has 0 bridgehead atoms. The lowest BCUT2D eigenvalue weighted by Gasteiger charge is -2.21. The summed E-state index contributed by atoms with van der Waals surface area (Å²) in [5.74, 6) is 1.33. The van der Waals surface area contributed by atoms with E-state index in [1.807, 2.05) is 42.5 Å². The quantitative estimate of drug-likeness (QED) is 0.629. The summed E-state index contributed by atoms with van der Waals surface area (Å²) >= 11 is 1.38. The molecule has 6 nitrogen and oxygen atoms in total. The van der Waals surface area contributed by atoms with Crippen LogP contribution in [0.4, 0.5) is 0 Å². The first-order valence-electron chi connectivity index (χ1n) is 9.10. The third-order valence-electron chi connectivity index (χ3n) is 4.24. The maximum absolute atomic E-state index is 12.6. The molecule has 0 aliphatic rings. The minimum Gasteiger partial charge on any atom is -0.349 e. The Labute approximate surface area is 163 Å². The fourth-order valence-corrected chi connectivity index (χ4v) is 3.89. The summed E-state index contributed by atoms with van der Waals surface area (Å²) in [4.78, 5) is 17.0. The van der Waals surface area contributed by atoms with Crippen molar-refractivity contribution in [3.63, 3.8) is 0 Å². The van der Waals surface area contributed by atoms with Gasteiger partial charge in [-0.3, -0.25) is 9.20 Å². The molecule has 0 aliphatic heterocycles. The van der Waals surface area contributed by atoms with Crippen molar-refractivity contribution in [3.05, 3.63) is 53.3 Å². The number of amides is 1. The van der Waals surface area contributed by atoms with Gasteiger partial charge >= 0.3 is 0 Å². The predicted molar refractivity (Wildman–Crippen MR) is 108 cm³/mol. The Hall–Kier alpha value is -2.41. The van der Waals surface area contributed by atoms with E-state index in [4.69, 9.17) is 0 Å². The lowest BCUT2D eigenvalue weighted by molar-refractivity contribution is -0.119. The van der Waals surface area contributed by atoms with E-state index in [1.54, 1.807) is 0 Å². The molecular formula is C20H25N5OS. The molecule has 1 N–H and O–H groups in total. The number of fused-ring (bicyclic) bond motifs is 1. The largest absolute Gasteiger partial charge is 0.349 e. The molecule has 2 heterocycles. The maximum atomic E-state index is 12.6. The third kappa shape index (κ3) is 4.86. The summed E-state index contributed by atoms with van der Waals surface area (Å²) < 4.78 is 1.88. The van der Waals surface area contributed by atoms with Gasteiger partial charge in [0.05, 0.1) is 11.8 Å². The van der Waals surface area contributed by atoms with Crippen molar-refractivity contribution in [2.45, 2.75) is 45.3 Å². The minimum atomic E-state index is -0.0102. The lowest BCUT2D eigenvalue weighted by Crippen LogP contribution is -2.31. The van der Waals surface area contributed by atoms with Crippen LogP contribution in [0.25, 0.3) is 5.78 Å². The number of nitrogens with one attached hydrogen (secondary N) is 1. The molecule has 0 saturated heterocycles. The van der Waals surface area contributed by atoms with Gasteiger partial charge in [0.15, 0.2) is 5.16 Å². The number of hydrogen-bond donors (Lipinski definition) is 1. The molecule has 7 heteroatoms. The fourth-order valence-electron chi connectivity index (χ4n) is 3.09. The number of carbonyl (C=O) groups is 1. The van der Waals surface area contributed by atoms with Gasteiger partial charge in [-0.1, -0.05) is 55.9 Å². The Bertz CT molecular complexity index is 923. The third-order valence-corrected chi connectivity index (χ3v) is 5.17. The SMILES string of the molecule is Cc1cc(C)n2c(SCC(=O)N[C@H](CC(C)C)c3ccccc3)nnc2n1. The number of nitrogens with zero attached hydrogens (tertiary/aromatic N) is 4. The highest BCUT2D eigenvalue weighted by Crippen LogP contribution is 2.22. The molecule has 142 valence electrons. The summed E-state index contributed by atoms with van der Waals surface area (Å²) in [6.45, 7) is 8.25. The summed E-state index contributed by atoms with van der Waals surface area (Å²) in [6.07, 6.45) is 0.899. The highest BCUT2D eigenvalue weighted by Gasteiger charge is 2.17. The smallest absolute Gasteiger partial charge is 0.256 e. The monoisotopic (exact) mass is 383 g/mol. The Morgan fingerprint density at radius 2 is 1.93 bits per heavy atom. The van der Waals surface area contributed by atoms with Crippen LogP contribution >= 0.6 is 11.8 Å². The van der Waals surface area contributed by atoms with E-state index in [-0.39, 0.29) is 17.7 Å². The van der Waals surface area contributed by atoms with Crippen LogP contribution in [0.3, 0.4) is 0 Å². The van der Waals surface area contributed by atoms with E-state index < -0.39 is 0 Å². The highest BCUT2D eigenvalue weighted by molar-refractivity contribution is 7.99. The van der Waals surface area contributed by atoms with Crippen molar-refractivity contribution >= 4 is 23.4 Å². The maximum Gasteiger partial charge on any atom is 0.256 e. The number of hydrogen-bond acceptors (Lipinski definition) is 5. The molecule has 0 unspecified atom stereocenters. The number of thioether (sulfide) groups is 1. The molecule has 0 spiro atoms. The van der Waals surface area contributed by atoms with Crippen LogP contribution in [0.15, 0.2) is 41.6 Å². The summed E-state index contributed by atoms with van der Waals surface area (Å²) in [5, 5.41) is 12.2. The van der Waals surface area contributed by atoms with Crippen molar-refractivity contribution in [1.82, 2.24) is 24.9 Å². The van der Waals surface area contributed by atoms with E-state index in [2.05, 4.69) is 46.5 Å². The van der Waals surface area contributed by atoms with Crippen molar-refractivity contribution in [3.8, 4) is 0 Å². The predicted octanol–water partition coefficient (Wildman–Crippen LogP) is 3.74. The highest BCUT2D eigenvalue weighted by atomic mass is 32.2. The Morgan fingerprint density at radius 3 is 2.63 bits per heavy atom. The van der Waals surface area contributed by atoms with Gasteiger partial charge in [-0.15, -0.1) is 10.2 Å². The van der Waals surface area contributed by atoms with E-state index in [1.165, 1.54) is 11.8 Å². The van der Waals surface area contributed by atoms with E-state index in [9.17, 15) is 4.79 Å². The van der Waals surface area contributed by atoms with Gasteiger partial charge in [0, 0.05) is 11.4 Å². The van der Waals surface area contributed by atoms with E-state index in [0.29, 0.717) is 16.9 Å². The van der Waals surface area contributed by atoms with E-state index in [0.717, 1.165) is 23.4 Å². The van der Waals surface area contributed by atoms with Gasteiger partial charge < -0.3 is 5.32 Å². The molecule has 0 fully saturated rings. The van der Waals surface area contributed by atoms with Crippen LogP contribution in [0, 0.1) is 19.8 Å². The second-order valence-corrected chi connectivity index (χ2v) is 8.05. The van der Waals surface area contributed by atoms with Crippen molar-refractivity contribution in [1.29, 1.82) is 0 Å². The molecule has 2 aromatic heterocycles. The van der Waals surface area contributed by atoms with Crippen LogP contribution in [0.5, 0.6) is 0 Å². The average Bonchev–Trinajstić information content (AvgIpc) is 3.03. The Morgan fingerprint density at radius 1 is 1.19 bits per heavy atom. The summed E-state index contributed by atoms with van der Waals surface area (Å²) in [6, 6.07) is 12.1. The number of aryl methyl sites for hydroxylation is 2. The van der Waals surface area contributed by atoms with Crippen molar-refractivity contribution in [2.75, 3.05) is 5.75 Å². The molecular weight excluding hydrogens is 358 g/mol. The molecule has 1 aromatic carbocycles. The van der Waals surface area contributed by atoms with Crippen molar-refractivity contribution < 1.29 is 4.79 Å². The lowest BCUT2D eigenvalue weighted by atomic mass is 9.97. The number of rotatable bonds is 7. The summed E-state index contributed by atoms with van der Waals surface area (Å²) in [7, 11) is 0. The molecule has 0 saturated carbocycles. The molecule has 0 radical (unpaired) electrons. The molecule has 27 heavy (non-hydrogen) atoms. The van der Waals surface area contributed by atoms with Gasteiger partial charge in [0.2, 0.25) is 5.91 Å². The zero-order valence-electron chi connectivity index (χ0n) is 16.1. The van der Waals surface area contributed by atoms with Crippen LogP contribution in [0.1, 0.15) is 43.3 Å². The first-order chi connectivity index (χ1) is 12.9. The van der Waals surface area contributed by atoms with Crippen LogP contribution < -0.4 is 5.32 Å². The van der Waals surface area contributed by atoms with Crippen LogP contribution in [-0.4, -0.2) is 31.2 Å². The van der Waals surface area contributed by atoms with Gasteiger partial charge in [-0.2, -0.15) is 0 Å². The number of benzene rings is 1. The number of carbonyl (C=O) groups excluding carboxylic acids is 1. The normalized spacial score (nSPS) is 12.5. The standard InChI is InChI=1S/C20H25N5OS/c1-13(2)10-17(16-8-6-5-7-9-16)22-18(26)12-27-20-24-23-19-21-14(3)11-15(4)25(19)20/h5-9,11,13,17H,10,12H2,1-4H3,(H,22,26)/t17-/m1/s1. The first-order valence-corrected chi connectivity index (χ1v) is 10.1. The minimum absolute atomic E-state index is 0.0102. The second kappa shape index (κ2) is 8.52. The summed E-state index contributed by atoms with van der Waals surface area (Å²) in [5.41, 5.74) is 3.04. The van der Waals surface area contributed by atoms with Gasteiger partial charge in [-0.05, 0) is 37.8 Å². The second-order valence-electron chi connectivity index (χ2n) is 7.11. The van der Waals surface area contributed by atoms with Gasteiger partial charge in [0.25, 0.3) is 5.78 Å². The zero-order chi connectivity index (χ0) is 19.4. The average molecular weight is 384 g/mol. The molecule has 3 aromatic rings. The molecule has 1 atom stereocenters.